The predicted octanol–water partition coefficient (Wildman–Crippen LogP) is 2.21. The third-order valence-electron chi connectivity index (χ3n) is 3.79. The van der Waals surface area contributed by atoms with Gasteiger partial charge in [0.2, 0.25) is 0 Å². The van der Waals surface area contributed by atoms with E-state index in [0.717, 1.165) is 11.1 Å². The Hall–Kier alpha value is -2.25. The highest BCUT2D eigenvalue weighted by molar-refractivity contribution is 7.09. The molecule has 0 bridgehead atoms. The molecule has 0 spiro atoms. The van der Waals surface area contributed by atoms with Crippen molar-refractivity contribution in [2.24, 2.45) is 5.92 Å². The number of aliphatic hydroxyl groups is 1. The van der Waals surface area contributed by atoms with Gasteiger partial charge in [0.15, 0.2) is 5.65 Å². The van der Waals surface area contributed by atoms with Gasteiger partial charge in [-0.3, -0.25) is 4.79 Å². The van der Waals surface area contributed by atoms with Crippen LogP contribution in [0.25, 0.3) is 11.0 Å². The molecule has 3 aromatic heterocycles. The van der Waals surface area contributed by atoms with Crippen LogP contribution in [0.15, 0.2) is 29.8 Å². The predicted molar refractivity (Wildman–Crippen MR) is 94.3 cm³/mol. The molecule has 126 valence electrons. The summed E-state index contributed by atoms with van der Waals surface area (Å²) in [7, 11) is 0. The largest absolute Gasteiger partial charge is 0.396 e. The van der Waals surface area contributed by atoms with E-state index in [1.54, 1.807) is 23.6 Å². The highest BCUT2D eigenvalue weighted by Crippen LogP contribution is 2.20. The molecule has 6 nitrogen and oxygen atoms in total. The Morgan fingerprint density at radius 3 is 3.04 bits per heavy atom. The molecule has 7 heteroatoms. The van der Waals surface area contributed by atoms with Crippen molar-refractivity contribution in [2.45, 2.75) is 20.4 Å². The molecule has 3 rings (SSSR count). The smallest absolute Gasteiger partial charge is 0.252 e. The molecule has 1 atom stereocenters. The lowest BCUT2D eigenvalue weighted by atomic mass is 10.1. The van der Waals surface area contributed by atoms with Gasteiger partial charge in [0.05, 0.1) is 23.7 Å². The zero-order valence-electron chi connectivity index (χ0n) is 13.7. The third kappa shape index (κ3) is 3.47. The van der Waals surface area contributed by atoms with Crippen molar-refractivity contribution in [2.75, 3.05) is 13.2 Å². The summed E-state index contributed by atoms with van der Waals surface area (Å²) in [5.74, 6) is -0.143. The summed E-state index contributed by atoms with van der Waals surface area (Å²) >= 11 is 1.67. The highest BCUT2D eigenvalue weighted by Gasteiger charge is 2.16. The molecule has 0 aliphatic rings. The maximum absolute atomic E-state index is 12.5. The molecule has 0 aliphatic heterocycles. The summed E-state index contributed by atoms with van der Waals surface area (Å²) in [5.41, 5.74) is 2.06. The standard InChI is InChI=1S/C17H20N4O2S/c1-11(10-22)7-18-17(23)14-6-12(2)20-16-15(14)8-19-21(16)9-13-4-3-5-24-13/h3-6,8,11,22H,7,9-10H2,1-2H3,(H,18,23). The van der Waals surface area contributed by atoms with Crippen LogP contribution in [-0.2, 0) is 6.54 Å². The summed E-state index contributed by atoms with van der Waals surface area (Å²) in [6.07, 6.45) is 1.69. The van der Waals surface area contributed by atoms with Crippen molar-refractivity contribution < 1.29 is 9.90 Å². The van der Waals surface area contributed by atoms with E-state index in [0.29, 0.717) is 24.3 Å². The number of pyridine rings is 1. The number of carbonyl (C=O) groups excluding carboxylic acids is 1. The second-order valence-corrected chi connectivity index (χ2v) is 6.96. The number of nitrogens with zero attached hydrogens (tertiary/aromatic N) is 3. The van der Waals surface area contributed by atoms with Crippen molar-refractivity contribution in [3.05, 3.63) is 45.9 Å². The first-order valence-corrected chi connectivity index (χ1v) is 8.71. The maximum atomic E-state index is 12.5. The molecule has 3 heterocycles. The van der Waals surface area contributed by atoms with Crippen LogP contribution in [0, 0.1) is 12.8 Å². The first-order chi connectivity index (χ1) is 11.6. The van der Waals surface area contributed by atoms with E-state index < -0.39 is 0 Å². The number of nitrogens with one attached hydrogen (secondary N) is 1. The molecule has 0 saturated carbocycles. The molecule has 0 aliphatic carbocycles. The number of hydrogen-bond acceptors (Lipinski definition) is 5. The van der Waals surface area contributed by atoms with Gasteiger partial charge in [-0.2, -0.15) is 5.10 Å². The van der Waals surface area contributed by atoms with Crippen LogP contribution in [0.3, 0.4) is 0 Å². The van der Waals surface area contributed by atoms with Crippen LogP contribution in [-0.4, -0.2) is 38.9 Å². The zero-order valence-corrected chi connectivity index (χ0v) is 14.5. The summed E-state index contributed by atoms with van der Waals surface area (Å²) in [6.45, 7) is 4.87. The first-order valence-electron chi connectivity index (χ1n) is 7.83. The van der Waals surface area contributed by atoms with Gasteiger partial charge in [0.1, 0.15) is 0 Å². The topological polar surface area (TPSA) is 80.0 Å². The average molecular weight is 344 g/mol. The molecule has 1 amide bonds. The number of aliphatic hydroxyl groups excluding tert-OH is 1. The number of thiophene rings is 1. The number of aromatic nitrogens is 3. The van der Waals surface area contributed by atoms with Crippen LogP contribution in [0.1, 0.15) is 27.9 Å². The molecule has 24 heavy (non-hydrogen) atoms. The summed E-state index contributed by atoms with van der Waals surface area (Å²) in [5, 5.41) is 19.1. The molecule has 0 saturated heterocycles. The van der Waals surface area contributed by atoms with E-state index in [9.17, 15) is 4.79 Å². The van der Waals surface area contributed by atoms with Gasteiger partial charge in [-0.05, 0) is 30.4 Å². The number of carbonyl (C=O) groups is 1. The van der Waals surface area contributed by atoms with E-state index in [4.69, 9.17) is 5.11 Å². The second-order valence-electron chi connectivity index (χ2n) is 5.93. The van der Waals surface area contributed by atoms with Crippen LogP contribution in [0.5, 0.6) is 0 Å². The lowest BCUT2D eigenvalue weighted by Crippen LogP contribution is -2.29. The van der Waals surface area contributed by atoms with E-state index in [2.05, 4.69) is 21.5 Å². The van der Waals surface area contributed by atoms with E-state index >= 15 is 0 Å². The Morgan fingerprint density at radius 1 is 1.50 bits per heavy atom. The summed E-state index contributed by atoms with van der Waals surface area (Å²) in [6, 6.07) is 5.84. The number of aryl methyl sites for hydroxylation is 1. The van der Waals surface area contributed by atoms with Crippen molar-refractivity contribution >= 4 is 28.3 Å². The van der Waals surface area contributed by atoms with Crippen molar-refractivity contribution in [3.8, 4) is 0 Å². The summed E-state index contributed by atoms with van der Waals surface area (Å²) in [4.78, 5) is 18.2. The third-order valence-corrected chi connectivity index (χ3v) is 4.65. The quantitative estimate of drug-likeness (QED) is 0.718. The van der Waals surface area contributed by atoms with Gasteiger partial charge >= 0.3 is 0 Å². The van der Waals surface area contributed by atoms with Gasteiger partial charge in [0.25, 0.3) is 5.91 Å². The number of amides is 1. The van der Waals surface area contributed by atoms with Crippen LogP contribution < -0.4 is 5.32 Å². The number of hydrogen-bond donors (Lipinski definition) is 2. The molecular formula is C17H20N4O2S. The summed E-state index contributed by atoms with van der Waals surface area (Å²) < 4.78 is 1.82. The van der Waals surface area contributed by atoms with Crippen molar-refractivity contribution in [1.29, 1.82) is 0 Å². The van der Waals surface area contributed by atoms with Crippen LogP contribution >= 0.6 is 11.3 Å². The van der Waals surface area contributed by atoms with Gasteiger partial charge in [-0.25, -0.2) is 9.67 Å². The minimum absolute atomic E-state index is 0.0222. The molecule has 2 N–H and O–H groups in total. The lowest BCUT2D eigenvalue weighted by molar-refractivity contribution is 0.0944. The van der Waals surface area contributed by atoms with Crippen molar-refractivity contribution in [1.82, 2.24) is 20.1 Å². The van der Waals surface area contributed by atoms with E-state index in [1.165, 1.54) is 4.88 Å². The Kier molecular flexibility index (Phi) is 4.92. The first kappa shape index (κ1) is 16.6. The van der Waals surface area contributed by atoms with Gasteiger partial charge in [0, 0.05) is 23.7 Å². The van der Waals surface area contributed by atoms with E-state index in [-0.39, 0.29) is 18.4 Å². The van der Waals surface area contributed by atoms with Gasteiger partial charge in [-0.15, -0.1) is 11.3 Å². The fourth-order valence-electron chi connectivity index (χ4n) is 2.45. The average Bonchev–Trinajstić information content (AvgIpc) is 3.22. The normalized spacial score (nSPS) is 12.5. The Balaban J connectivity index is 1.91. The minimum Gasteiger partial charge on any atom is -0.396 e. The molecule has 1 unspecified atom stereocenters. The Morgan fingerprint density at radius 2 is 2.33 bits per heavy atom. The monoisotopic (exact) mass is 344 g/mol. The highest BCUT2D eigenvalue weighted by atomic mass is 32.1. The van der Waals surface area contributed by atoms with Crippen molar-refractivity contribution in [3.63, 3.8) is 0 Å². The lowest BCUT2D eigenvalue weighted by Gasteiger charge is -2.11. The van der Waals surface area contributed by atoms with Gasteiger partial charge < -0.3 is 10.4 Å². The van der Waals surface area contributed by atoms with Crippen LogP contribution in [0.4, 0.5) is 0 Å². The Bertz CT molecular complexity index is 842. The molecule has 0 fully saturated rings. The molecule has 0 aromatic carbocycles. The Labute approximate surface area is 144 Å². The van der Waals surface area contributed by atoms with Gasteiger partial charge in [-0.1, -0.05) is 13.0 Å². The molecular weight excluding hydrogens is 324 g/mol. The minimum atomic E-state index is -0.165. The fourth-order valence-corrected chi connectivity index (χ4v) is 3.14. The fraction of sp³-hybridized carbons (Fsp3) is 0.353. The van der Waals surface area contributed by atoms with Crippen LogP contribution in [0.2, 0.25) is 0 Å². The SMILES string of the molecule is Cc1cc(C(=O)NCC(C)CO)c2cnn(Cc3cccs3)c2n1. The second kappa shape index (κ2) is 7.11. The molecule has 3 aromatic rings. The maximum Gasteiger partial charge on any atom is 0.252 e. The number of rotatable bonds is 6. The molecule has 0 radical (unpaired) electrons. The zero-order chi connectivity index (χ0) is 17.1. The number of fused-ring (bicyclic) bond motifs is 1. The van der Waals surface area contributed by atoms with E-state index in [1.807, 2.05) is 30.0 Å².